The van der Waals surface area contributed by atoms with E-state index in [-0.39, 0.29) is 5.76 Å². The van der Waals surface area contributed by atoms with Crippen molar-refractivity contribution < 1.29 is 14.3 Å². The van der Waals surface area contributed by atoms with Crippen LogP contribution in [0.15, 0.2) is 28.7 Å². The zero-order valence-electron chi connectivity index (χ0n) is 8.90. The highest BCUT2D eigenvalue weighted by Gasteiger charge is 2.10. The van der Waals surface area contributed by atoms with Crippen LogP contribution >= 0.6 is 11.8 Å². The average Bonchev–Trinajstić information content (AvgIpc) is 2.69. The molecule has 0 saturated heterocycles. The molecule has 0 bridgehead atoms. The lowest BCUT2D eigenvalue weighted by atomic mass is 10.2. The van der Waals surface area contributed by atoms with Crippen LogP contribution in [0.25, 0.3) is 11.0 Å². The van der Waals surface area contributed by atoms with Gasteiger partial charge in [0.25, 0.3) is 0 Å². The molecule has 1 heterocycles. The van der Waals surface area contributed by atoms with Gasteiger partial charge >= 0.3 is 5.97 Å². The maximum atomic E-state index is 10.7. The number of carbonyl (C=O) groups is 1. The third-order valence-electron chi connectivity index (χ3n) is 2.26. The van der Waals surface area contributed by atoms with Crippen LogP contribution in [-0.2, 0) is 5.75 Å². The summed E-state index contributed by atoms with van der Waals surface area (Å²) in [7, 11) is 0. The van der Waals surface area contributed by atoms with Crippen molar-refractivity contribution in [1.82, 2.24) is 0 Å². The zero-order valence-corrected chi connectivity index (χ0v) is 9.71. The molecule has 2 aromatic rings. The topological polar surface area (TPSA) is 50.4 Å². The van der Waals surface area contributed by atoms with Crippen LogP contribution in [-0.4, -0.2) is 16.8 Å². The summed E-state index contributed by atoms with van der Waals surface area (Å²) in [4.78, 5) is 10.7. The minimum absolute atomic E-state index is 0.00436. The van der Waals surface area contributed by atoms with E-state index in [1.807, 2.05) is 30.0 Å². The second kappa shape index (κ2) is 4.61. The number of fused-ring (bicyclic) bond motifs is 1. The molecule has 0 radical (unpaired) electrons. The third kappa shape index (κ3) is 2.22. The minimum atomic E-state index is -1.03. The summed E-state index contributed by atoms with van der Waals surface area (Å²) >= 11 is 1.84. The van der Waals surface area contributed by atoms with E-state index >= 15 is 0 Å². The highest BCUT2D eigenvalue weighted by atomic mass is 32.2. The second-order valence-electron chi connectivity index (χ2n) is 3.43. The van der Waals surface area contributed by atoms with Crippen molar-refractivity contribution in [2.24, 2.45) is 0 Å². The fraction of sp³-hybridized carbons (Fsp3) is 0.250. The van der Waals surface area contributed by atoms with Gasteiger partial charge in [0, 0.05) is 11.1 Å². The standard InChI is InChI=1S/C12H12O3S/c1-2-16-7-8-3-4-10-9(5-8)6-11(15-10)12(13)14/h3-6H,2,7H2,1H3,(H,13,14). The number of carboxylic acids is 1. The first-order valence-corrected chi connectivity index (χ1v) is 6.19. The average molecular weight is 236 g/mol. The van der Waals surface area contributed by atoms with Crippen LogP contribution in [0, 0.1) is 0 Å². The largest absolute Gasteiger partial charge is 0.475 e. The minimum Gasteiger partial charge on any atom is -0.475 e. The molecule has 16 heavy (non-hydrogen) atoms. The van der Waals surface area contributed by atoms with Crippen molar-refractivity contribution in [1.29, 1.82) is 0 Å². The Bertz CT molecular complexity index is 516. The van der Waals surface area contributed by atoms with E-state index in [1.165, 1.54) is 5.56 Å². The maximum Gasteiger partial charge on any atom is 0.371 e. The SMILES string of the molecule is CCSCc1ccc2oc(C(=O)O)cc2c1. The van der Waals surface area contributed by atoms with Crippen molar-refractivity contribution in [3.8, 4) is 0 Å². The molecule has 2 rings (SSSR count). The Morgan fingerprint density at radius 1 is 1.44 bits per heavy atom. The monoisotopic (exact) mass is 236 g/mol. The molecule has 4 heteroatoms. The number of furan rings is 1. The Balaban J connectivity index is 2.34. The van der Waals surface area contributed by atoms with E-state index < -0.39 is 5.97 Å². The molecule has 1 N–H and O–H groups in total. The molecule has 1 aromatic carbocycles. The molecule has 0 unspecified atom stereocenters. The van der Waals surface area contributed by atoms with E-state index in [9.17, 15) is 4.79 Å². The van der Waals surface area contributed by atoms with Gasteiger partial charge in [0.05, 0.1) is 0 Å². The summed E-state index contributed by atoms with van der Waals surface area (Å²) in [6.07, 6.45) is 0. The van der Waals surface area contributed by atoms with Gasteiger partial charge in [-0.2, -0.15) is 11.8 Å². The first-order valence-electron chi connectivity index (χ1n) is 5.04. The number of carboxylic acid groups (broad SMARTS) is 1. The van der Waals surface area contributed by atoms with E-state index in [0.717, 1.165) is 16.9 Å². The molecule has 3 nitrogen and oxygen atoms in total. The first kappa shape index (κ1) is 11.1. The highest BCUT2D eigenvalue weighted by molar-refractivity contribution is 7.98. The van der Waals surface area contributed by atoms with Crippen molar-refractivity contribution >= 4 is 28.7 Å². The van der Waals surface area contributed by atoms with Gasteiger partial charge in [0.2, 0.25) is 5.76 Å². The number of thioether (sulfide) groups is 1. The van der Waals surface area contributed by atoms with Crippen LogP contribution in [0.2, 0.25) is 0 Å². The lowest BCUT2D eigenvalue weighted by Crippen LogP contribution is -1.91. The predicted octanol–water partition coefficient (Wildman–Crippen LogP) is 3.38. The summed E-state index contributed by atoms with van der Waals surface area (Å²) in [5, 5.41) is 9.65. The van der Waals surface area contributed by atoms with Gasteiger partial charge in [0.15, 0.2) is 0 Å². The van der Waals surface area contributed by atoms with Crippen molar-refractivity contribution in [3.63, 3.8) is 0 Å². The molecule has 1 aromatic heterocycles. The summed E-state index contributed by atoms with van der Waals surface area (Å²) in [5.74, 6) is 0.986. The molecule has 0 atom stereocenters. The molecule has 0 fully saturated rings. The lowest BCUT2D eigenvalue weighted by Gasteiger charge is -1.98. The van der Waals surface area contributed by atoms with E-state index in [2.05, 4.69) is 6.92 Å². The molecule has 0 aliphatic heterocycles. The van der Waals surface area contributed by atoms with Crippen molar-refractivity contribution in [2.45, 2.75) is 12.7 Å². The Morgan fingerprint density at radius 3 is 2.94 bits per heavy atom. The second-order valence-corrected chi connectivity index (χ2v) is 4.70. The van der Waals surface area contributed by atoms with Gasteiger partial charge < -0.3 is 9.52 Å². The van der Waals surface area contributed by atoms with Crippen molar-refractivity contribution in [2.75, 3.05) is 5.75 Å². The van der Waals surface area contributed by atoms with E-state index in [0.29, 0.717) is 5.58 Å². The van der Waals surface area contributed by atoms with Crippen LogP contribution in [0.3, 0.4) is 0 Å². The Hall–Kier alpha value is -1.42. The van der Waals surface area contributed by atoms with E-state index in [1.54, 1.807) is 6.07 Å². The summed E-state index contributed by atoms with van der Waals surface area (Å²) in [5.41, 5.74) is 1.82. The first-order chi connectivity index (χ1) is 7.70. The number of rotatable bonds is 4. The Morgan fingerprint density at radius 2 is 2.25 bits per heavy atom. The third-order valence-corrected chi connectivity index (χ3v) is 3.21. The predicted molar refractivity (Wildman–Crippen MR) is 65.0 cm³/mol. The van der Waals surface area contributed by atoms with Gasteiger partial charge in [-0.05, 0) is 29.5 Å². The smallest absolute Gasteiger partial charge is 0.371 e. The summed E-state index contributed by atoms with van der Waals surface area (Å²) in [6, 6.07) is 7.35. The van der Waals surface area contributed by atoms with Crippen LogP contribution in [0.4, 0.5) is 0 Å². The molecule has 0 spiro atoms. The molecule has 0 aliphatic rings. The molecular formula is C12H12O3S. The number of hydrogen-bond donors (Lipinski definition) is 1. The normalized spacial score (nSPS) is 10.8. The number of aromatic carboxylic acids is 1. The Labute approximate surface area is 97.4 Å². The van der Waals surface area contributed by atoms with Gasteiger partial charge in [-0.1, -0.05) is 13.0 Å². The van der Waals surface area contributed by atoms with Gasteiger partial charge in [-0.25, -0.2) is 4.79 Å². The fourth-order valence-electron chi connectivity index (χ4n) is 1.51. The summed E-state index contributed by atoms with van der Waals surface area (Å²) in [6.45, 7) is 2.11. The van der Waals surface area contributed by atoms with E-state index in [4.69, 9.17) is 9.52 Å². The van der Waals surface area contributed by atoms with Gasteiger partial charge in [0.1, 0.15) is 5.58 Å². The number of hydrogen-bond acceptors (Lipinski definition) is 3. The van der Waals surface area contributed by atoms with Crippen molar-refractivity contribution in [3.05, 3.63) is 35.6 Å². The molecule has 84 valence electrons. The fourth-order valence-corrected chi connectivity index (χ4v) is 2.13. The lowest BCUT2D eigenvalue weighted by molar-refractivity contribution is 0.0665. The molecule has 0 amide bonds. The van der Waals surface area contributed by atoms with Gasteiger partial charge in [-0.15, -0.1) is 0 Å². The van der Waals surface area contributed by atoms with Crippen LogP contribution in [0.5, 0.6) is 0 Å². The highest BCUT2D eigenvalue weighted by Crippen LogP contribution is 2.22. The zero-order chi connectivity index (χ0) is 11.5. The quantitative estimate of drug-likeness (QED) is 0.884. The molecular weight excluding hydrogens is 224 g/mol. The van der Waals surface area contributed by atoms with Gasteiger partial charge in [-0.3, -0.25) is 0 Å². The maximum absolute atomic E-state index is 10.7. The Kier molecular flexibility index (Phi) is 3.19. The van der Waals surface area contributed by atoms with Crippen LogP contribution in [0.1, 0.15) is 23.0 Å². The van der Waals surface area contributed by atoms with Crippen LogP contribution < -0.4 is 0 Å². The summed E-state index contributed by atoms with van der Waals surface area (Å²) < 4.78 is 5.18. The number of benzene rings is 1. The molecule has 0 saturated carbocycles. The molecule has 0 aliphatic carbocycles.